The van der Waals surface area contributed by atoms with Gasteiger partial charge >= 0.3 is 11.8 Å². The Labute approximate surface area is 131 Å². The fourth-order valence-corrected chi connectivity index (χ4v) is 1.15. The molecule has 6 N–H and O–H groups in total. The number of nitrogens with one attached hydrogen (secondary N) is 2. The molecule has 8 nitrogen and oxygen atoms in total. The molecule has 0 aliphatic rings. The minimum absolute atomic E-state index is 0. The van der Waals surface area contributed by atoms with E-state index in [1.807, 2.05) is 0 Å². The summed E-state index contributed by atoms with van der Waals surface area (Å²) >= 11 is 0. The molecule has 0 saturated heterocycles. The Hall–Kier alpha value is -2.67. The molecular weight excluding hydrogens is 319 g/mol. The van der Waals surface area contributed by atoms with E-state index < -0.39 is 0 Å². The molecule has 0 bridgehead atoms. The van der Waals surface area contributed by atoms with Gasteiger partial charge in [-0.05, 0) is 24.3 Å². The second kappa shape index (κ2) is 10.2. The molecule has 114 valence electrons. The second-order valence-corrected chi connectivity index (χ2v) is 3.39. The van der Waals surface area contributed by atoms with Gasteiger partial charge < -0.3 is 21.9 Å². The number of rotatable bonds is 2. The number of nitrogens with zero attached hydrogens (tertiary/aromatic N) is 4. The van der Waals surface area contributed by atoms with Gasteiger partial charge in [-0.25, -0.2) is 0 Å². The minimum atomic E-state index is -0.0394. The van der Waals surface area contributed by atoms with Crippen LogP contribution in [-0.2, 0) is 16.5 Å². The van der Waals surface area contributed by atoms with Crippen molar-refractivity contribution in [2.45, 2.75) is 0 Å². The average Bonchev–Trinajstić information content (AvgIpc) is 2.55. The Morgan fingerprint density at radius 3 is 1.29 bits per heavy atom. The van der Waals surface area contributed by atoms with Crippen LogP contribution in [0.1, 0.15) is 11.1 Å². The molecule has 0 fully saturated rings. The molecule has 21 heavy (non-hydrogen) atoms. The van der Waals surface area contributed by atoms with Crippen molar-refractivity contribution in [3.63, 3.8) is 0 Å². The summed E-state index contributed by atoms with van der Waals surface area (Å²) in [5, 5.41) is 20.1. The first kappa shape index (κ1) is 18.3. The van der Waals surface area contributed by atoms with Crippen molar-refractivity contribution in [3.8, 4) is 0 Å². The molecule has 0 unspecified atom stereocenters. The summed E-state index contributed by atoms with van der Waals surface area (Å²) in [5.41, 5.74) is 1.23. The zero-order valence-electron chi connectivity index (χ0n) is 10.7. The third-order valence-corrected chi connectivity index (χ3v) is 2.13. The van der Waals surface area contributed by atoms with Crippen LogP contribution in [0.15, 0.2) is 59.3 Å². The third kappa shape index (κ3) is 6.35. The standard InChI is InChI=1S/2C6H6N3O.Ni/c2*7-9-6(10)5-1-3-8-4-2-5;/h2*1-4H,(H2-,7,8,9,10);/q2*-1;/p+2. The van der Waals surface area contributed by atoms with E-state index >= 15 is 0 Å². The van der Waals surface area contributed by atoms with Crippen LogP contribution in [0.3, 0.4) is 0 Å². The molecule has 2 rings (SSSR count). The van der Waals surface area contributed by atoms with Gasteiger partial charge in [0.05, 0.1) is 11.1 Å². The van der Waals surface area contributed by atoms with E-state index in [1.54, 1.807) is 49.1 Å². The largest absolute Gasteiger partial charge is 0.609 e. The first-order valence-electron chi connectivity index (χ1n) is 5.42. The van der Waals surface area contributed by atoms with Crippen LogP contribution in [0.4, 0.5) is 0 Å². The molecular formula is C12H14N6NiO2. The summed E-state index contributed by atoms with van der Waals surface area (Å²) in [4.78, 5) is 7.53. The van der Waals surface area contributed by atoms with E-state index in [0.717, 1.165) is 0 Å². The number of aromatic nitrogens is 2. The van der Waals surface area contributed by atoms with Gasteiger partial charge in [0.1, 0.15) is 0 Å². The topological polar surface area (TPSA) is 144 Å². The summed E-state index contributed by atoms with van der Waals surface area (Å²) < 4.78 is 0. The molecule has 2 aromatic heterocycles. The third-order valence-electron chi connectivity index (χ3n) is 2.13. The van der Waals surface area contributed by atoms with Crippen molar-refractivity contribution in [1.82, 2.24) is 9.97 Å². The predicted octanol–water partition coefficient (Wildman–Crippen LogP) is 1.04. The molecule has 0 atom stereocenters. The zero-order chi connectivity index (χ0) is 14.8. The van der Waals surface area contributed by atoms with Crippen molar-refractivity contribution in [3.05, 3.63) is 71.9 Å². The zero-order valence-corrected chi connectivity index (χ0v) is 11.7. The molecule has 2 aromatic rings. The first-order valence-corrected chi connectivity index (χ1v) is 5.42. The van der Waals surface area contributed by atoms with Gasteiger partial charge in [-0.1, -0.05) is 0 Å². The summed E-state index contributed by atoms with van der Waals surface area (Å²) in [7, 11) is 0. The Morgan fingerprint density at radius 1 is 0.762 bits per heavy atom. The molecule has 0 aliphatic carbocycles. The first-order chi connectivity index (χ1) is 9.69. The maximum absolute atomic E-state index is 7.10. The molecule has 0 saturated carbocycles. The van der Waals surface area contributed by atoms with Gasteiger partial charge in [-0.2, -0.15) is 0 Å². The summed E-state index contributed by atoms with van der Waals surface area (Å²) in [6.45, 7) is 0. The number of hydrogen-bond acceptors (Lipinski definition) is 4. The summed E-state index contributed by atoms with van der Waals surface area (Å²) in [6.07, 6.45) is 6.26. The number of pyridine rings is 2. The van der Waals surface area contributed by atoms with Crippen molar-refractivity contribution < 1.29 is 26.7 Å². The molecule has 0 spiro atoms. The van der Waals surface area contributed by atoms with Gasteiger partial charge in [0.2, 0.25) is 0 Å². The van der Waals surface area contributed by atoms with Crippen LogP contribution in [0.5, 0.6) is 0 Å². The molecule has 9 heteroatoms. The molecule has 0 aliphatic heterocycles. The Kier molecular flexibility index (Phi) is 8.87. The van der Waals surface area contributed by atoms with Crippen LogP contribution in [0, 0.1) is 0 Å². The average molecular weight is 333 g/mol. The van der Waals surface area contributed by atoms with Crippen LogP contribution < -0.4 is 0 Å². The van der Waals surface area contributed by atoms with Gasteiger partial charge in [0.15, 0.2) is 0 Å². The quantitative estimate of drug-likeness (QED) is 0.266. The van der Waals surface area contributed by atoms with E-state index in [-0.39, 0.29) is 28.3 Å². The van der Waals surface area contributed by atoms with Crippen molar-refractivity contribution in [2.75, 3.05) is 0 Å². The van der Waals surface area contributed by atoms with E-state index in [2.05, 4.69) is 20.2 Å². The van der Waals surface area contributed by atoms with Crippen molar-refractivity contribution in [1.29, 1.82) is 0 Å². The SMILES string of the molecule is [NH-]/N=C(\[OH2+])c1ccncc1.[NH-]/N=C(\[OH2+])c1ccncc1.[Ni]. The molecule has 0 radical (unpaired) electrons. The van der Waals surface area contributed by atoms with Gasteiger partial charge in [-0.3, -0.25) is 20.2 Å². The van der Waals surface area contributed by atoms with E-state index in [4.69, 9.17) is 21.9 Å². The van der Waals surface area contributed by atoms with Crippen LogP contribution in [0.2, 0.25) is 0 Å². The molecule has 2 heterocycles. The molecule has 0 amide bonds. The van der Waals surface area contributed by atoms with Crippen LogP contribution in [-0.4, -0.2) is 32.0 Å². The Morgan fingerprint density at radius 2 is 1.05 bits per heavy atom. The van der Waals surface area contributed by atoms with Gasteiger partial charge in [0, 0.05) is 41.3 Å². The summed E-state index contributed by atoms with van der Waals surface area (Å²) in [6, 6.07) is 6.56. The van der Waals surface area contributed by atoms with Gasteiger partial charge in [-0.15, -0.1) is 0 Å². The van der Waals surface area contributed by atoms with E-state index in [0.29, 0.717) is 11.1 Å². The summed E-state index contributed by atoms with van der Waals surface area (Å²) in [5.74, 6) is 13.0. The van der Waals surface area contributed by atoms with Gasteiger partial charge in [0.25, 0.3) is 0 Å². The monoisotopic (exact) mass is 332 g/mol. The number of hydrogen-bond donors (Lipinski definition) is 0. The van der Waals surface area contributed by atoms with E-state index in [1.165, 1.54) is 0 Å². The van der Waals surface area contributed by atoms with E-state index in [9.17, 15) is 0 Å². The fourth-order valence-electron chi connectivity index (χ4n) is 1.15. The Balaban J connectivity index is 0.000000364. The van der Waals surface area contributed by atoms with Crippen LogP contribution >= 0.6 is 0 Å². The molecule has 0 aromatic carbocycles. The van der Waals surface area contributed by atoms with Crippen molar-refractivity contribution in [2.24, 2.45) is 10.2 Å². The normalized spacial score (nSPS) is 10.9. The smallest absolute Gasteiger partial charge is 0.344 e. The second-order valence-electron chi connectivity index (χ2n) is 3.39. The van der Waals surface area contributed by atoms with Crippen LogP contribution in [0.25, 0.3) is 11.7 Å². The fraction of sp³-hybridized carbons (Fsp3) is 0. The maximum Gasteiger partial charge on any atom is 0.344 e. The maximum atomic E-state index is 7.10. The minimum Gasteiger partial charge on any atom is -0.609 e. The Bertz CT molecular complexity index is 523. The van der Waals surface area contributed by atoms with Crippen molar-refractivity contribution >= 4 is 11.8 Å². The predicted molar refractivity (Wildman–Crippen MR) is 77.4 cm³/mol.